The van der Waals surface area contributed by atoms with Gasteiger partial charge in [0, 0.05) is 25.1 Å². The van der Waals surface area contributed by atoms with Gasteiger partial charge >= 0.3 is 6.03 Å². The van der Waals surface area contributed by atoms with Crippen LogP contribution in [0.2, 0.25) is 0 Å². The fourth-order valence-electron chi connectivity index (χ4n) is 2.28. The van der Waals surface area contributed by atoms with Crippen LogP contribution < -0.4 is 4.90 Å². The third kappa shape index (κ3) is 3.05. The van der Waals surface area contributed by atoms with Crippen LogP contribution in [0.5, 0.6) is 0 Å². The highest BCUT2D eigenvalue weighted by molar-refractivity contribution is 5.93. The Kier molecular flexibility index (Phi) is 4.67. The van der Waals surface area contributed by atoms with Crippen LogP contribution in [-0.4, -0.2) is 52.1 Å². The number of aromatic nitrogens is 2. The number of ether oxygens (including phenoxy) is 1. The van der Waals surface area contributed by atoms with Crippen molar-refractivity contribution in [2.75, 3.05) is 18.6 Å². The Morgan fingerprint density at radius 1 is 1.36 bits per heavy atom. The minimum absolute atomic E-state index is 0.171. The van der Waals surface area contributed by atoms with Crippen LogP contribution in [0.25, 0.3) is 0 Å². The molecule has 2 heterocycles. The SMILES string of the molecule is CCCOC1C(O)N(c2cc(C(C)(C)C)ncn2)C(=O)N1C. The maximum absolute atomic E-state index is 12.4. The molecule has 0 spiro atoms. The van der Waals surface area contributed by atoms with E-state index in [-0.39, 0.29) is 11.4 Å². The molecule has 0 bridgehead atoms. The number of carbonyl (C=O) groups is 1. The third-order valence-corrected chi connectivity index (χ3v) is 3.57. The minimum atomic E-state index is -1.09. The summed E-state index contributed by atoms with van der Waals surface area (Å²) in [6.45, 7) is 8.53. The monoisotopic (exact) mass is 308 g/mol. The molecule has 0 aromatic carbocycles. The van der Waals surface area contributed by atoms with Gasteiger partial charge in [-0.1, -0.05) is 27.7 Å². The molecular formula is C15H24N4O3. The van der Waals surface area contributed by atoms with Gasteiger partial charge in [-0.15, -0.1) is 0 Å². The van der Waals surface area contributed by atoms with Crippen molar-refractivity contribution in [2.45, 2.75) is 52.0 Å². The summed E-state index contributed by atoms with van der Waals surface area (Å²) < 4.78 is 5.57. The van der Waals surface area contributed by atoms with Crippen molar-refractivity contribution in [3.05, 3.63) is 18.1 Å². The number of amides is 2. The predicted octanol–water partition coefficient (Wildman–Crippen LogP) is 1.72. The van der Waals surface area contributed by atoms with E-state index in [2.05, 4.69) is 9.97 Å². The van der Waals surface area contributed by atoms with Crippen LogP contribution in [0.3, 0.4) is 0 Å². The van der Waals surface area contributed by atoms with Gasteiger partial charge in [-0.05, 0) is 6.42 Å². The van der Waals surface area contributed by atoms with Gasteiger partial charge in [-0.3, -0.25) is 4.90 Å². The first-order chi connectivity index (χ1) is 10.3. The lowest BCUT2D eigenvalue weighted by atomic mass is 9.92. The number of hydrogen-bond acceptors (Lipinski definition) is 5. The highest BCUT2D eigenvalue weighted by Gasteiger charge is 2.45. The number of aliphatic hydroxyl groups excluding tert-OH is 1. The molecule has 1 N–H and O–H groups in total. The highest BCUT2D eigenvalue weighted by atomic mass is 16.5. The molecule has 0 radical (unpaired) electrons. The zero-order valence-electron chi connectivity index (χ0n) is 13.8. The number of aliphatic hydroxyl groups is 1. The van der Waals surface area contributed by atoms with E-state index < -0.39 is 12.5 Å². The Labute approximate surface area is 130 Å². The maximum Gasteiger partial charge on any atom is 0.329 e. The van der Waals surface area contributed by atoms with Crippen molar-refractivity contribution in [2.24, 2.45) is 0 Å². The van der Waals surface area contributed by atoms with Crippen molar-refractivity contribution >= 4 is 11.8 Å². The second kappa shape index (κ2) is 6.18. The van der Waals surface area contributed by atoms with Crippen LogP contribution in [0, 0.1) is 0 Å². The summed E-state index contributed by atoms with van der Waals surface area (Å²) in [5.41, 5.74) is 0.633. The molecule has 0 aliphatic carbocycles. The molecule has 1 aliphatic heterocycles. The molecule has 122 valence electrons. The van der Waals surface area contributed by atoms with Gasteiger partial charge in [0.05, 0.1) is 5.69 Å². The molecule has 2 amide bonds. The second-order valence-electron chi connectivity index (χ2n) is 6.45. The predicted molar refractivity (Wildman–Crippen MR) is 82.4 cm³/mol. The van der Waals surface area contributed by atoms with Crippen LogP contribution in [0.1, 0.15) is 39.8 Å². The Balaban J connectivity index is 2.30. The number of carbonyl (C=O) groups excluding carboxylic acids is 1. The zero-order valence-corrected chi connectivity index (χ0v) is 13.8. The molecule has 7 heteroatoms. The van der Waals surface area contributed by atoms with Gasteiger partial charge < -0.3 is 9.84 Å². The molecule has 1 fully saturated rings. The van der Waals surface area contributed by atoms with Crippen molar-refractivity contribution in [1.82, 2.24) is 14.9 Å². The topological polar surface area (TPSA) is 78.8 Å². The van der Waals surface area contributed by atoms with Gasteiger partial charge in [-0.25, -0.2) is 19.7 Å². The average molecular weight is 308 g/mol. The van der Waals surface area contributed by atoms with Crippen molar-refractivity contribution < 1.29 is 14.6 Å². The fourth-order valence-corrected chi connectivity index (χ4v) is 2.28. The van der Waals surface area contributed by atoms with E-state index in [1.807, 2.05) is 27.7 Å². The number of likely N-dealkylation sites (N-methyl/N-ethyl adjacent to an activating group) is 1. The van der Waals surface area contributed by atoms with Crippen LogP contribution >= 0.6 is 0 Å². The Hall–Kier alpha value is -1.73. The number of hydrogen-bond donors (Lipinski definition) is 1. The summed E-state index contributed by atoms with van der Waals surface area (Å²) in [5, 5.41) is 10.4. The molecule has 7 nitrogen and oxygen atoms in total. The fraction of sp³-hybridized carbons (Fsp3) is 0.667. The summed E-state index contributed by atoms with van der Waals surface area (Å²) in [6, 6.07) is 1.39. The quantitative estimate of drug-likeness (QED) is 0.916. The van der Waals surface area contributed by atoms with E-state index in [9.17, 15) is 9.90 Å². The zero-order chi connectivity index (χ0) is 16.5. The smallest absolute Gasteiger partial charge is 0.329 e. The van der Waals surface area contributed by atoms with Gasteiger partial charge in [0.25, 0.3) is 0 Å². The minimum Gasteiger partial charge on any atom is -0.369 e. The van der Waals surface area contributed by atoms with E-state index in [1.165, 1.54) is 16.1 Å². The molecule has 22 heavy (non-hydrogen) atoms. The van der Waals surface area contributed by atoms with E-state index in [1.54, 1.807) is 13.1 Å². The molecule has 1 aliphatic rings. The van der Waals surface area contributed by atoms with E-state index in [4.69, 9.17) is 4.74 Å². The molecular weight excluding hydrogens is 284 g/mol. The summed E-state index contributed by atoms with van der Waals surface area (Å²) in [7, 11) is 1.61. The first-order valence-corrected chi connectivity index (χ1v) is 7.45. The Morgan fingerprint density at radius 2 is 2.05 bits per heavy atom. The molecule has 1 aromatic heterocycles. The summed E-state index contributed by atoms with van der Waals surface area (Å²) in [5.74, 6) is 0.381. The lowest BCUT2D eigenvalue weighted by Crippen LogP contribution is -2.39. The molecule has 1 aromatic rings. The van der Waals surface area contributed by atoms with Crippen molar-refractivity contribution in [3.8, 4) is 0 Å². The Morgan fingerprint density at radius 3 is 2.64 bits per heavy atom. The molecule has 1 saturated heterocycles. The summed E-state index contributed by atoms with van der Waals surface area (Å²) in [4.78, 5) is 23.4. The molecule has 2 rings (SSSR count). The maximum atomic E-state index is 12.4. The van der Waals surface area contributed by atoms with Gasteiger partial charge in [0.15, 0.2) is 12.5 Å². The van der Waals surface area contributed by atoms with E-state index >= 15 is 0 Å². The van der Waals surface area contributed by atoms with Gasteiger partial charge in [0.2, 0.25) is 0 Å². The number of rotatable bonds is 4. The first kappa shape index (κ1) is 16.6. The number of anilines is 1. The van der Waals surface area contributed by atoms with E-state index in [0.29, 0.717) is 12.4 Å². The highest BCUT2D eigenvalue weighted by Crippen LogP contribution is 2.29. The third-order valence-electron chi connectivity index (χ3n) is 3.57. The average Bonchev–Trinajstić information content (AvgIpc) is 2.67. The van der Waals surface area contributed by atoms with Gasteiger partial charge in [0.1, 0.15) is 12.1 Å². The van der Waals surface area contributed by atoms with Crippen LogP contribution in [0.15, 0.2) is 12.4 Å². The van der Waals surface area contributed by atoms with Crippen molar-refractivity contribution in [1.29, 1.82) is 0 Å². The lowest BCUT2D eigenvalue weighted by molar-refractivity contribution is -0.0730. The second-order valence-corrected chi connectivity index (χ2v) is 6.45. The largest absolute Gasteiger partial charge is 0.369 e. The molecule has 2 unspecified atom stereocenters. The van der Waals surface area contributed by atoms with E-state index in [0.717, 1.165) is 12.1 Å². The molecule has 0 saturated carbocycles. The number of nitrogens with zero attached hydrogens (tertiary/aromatic N) is 4. The lowest BCUT2D eigenvalue weighted by Gasteiger charge is -2.23. The standard InChI is InChI=1S/C15H24N4O3/c1-6-7-22-13-12(20)19(14(21)18(13)5)11-8-10(15(2,3)4)16-9-17-11/h8-9,12-13,20H,6-7H2,1-5H3. The van der Waals surface area contributed by atoms with Crippen molar-refractivity contribution in [3.63, 3.8) is 0 Å². The van der Waals surface area contributed by atoms with Gasteiger partial charge in [-0.2, -0.15) is 0 Å². The molecule has 2 atom stereocenters. The number of urea groups is 1. The summed E-state index contributed by atoms with van der Waals surface area (Å²) in [6.07, 6.45) is 0.440. The normalized spacial score (nSPS) is 22.5. The van der Waals surface area contributed by atoms with Crippen LogP contribution in [-0.2, 0) is 10.2 Å². The Bertz CT molecular complexity index is 544. The summed E-state index contributed by atoms with van der Waals surface area (Å²) >= 11 is 0. The van der Waals surface area contributed by atoms with Crippen LogP contribution in [0.4, 0.5) is 10.6 Å². The first-order valence-electron chi connectivity index (χ1n) is 7.45.